The van der Waals surface area contributed by atoms with E-state index >= 15 is 0 Å². The average molecular weight is 498 g/mol. The summed E-state index contributed by atoms with van der Waals surface area (Å²) in [5, 5.41) is 6.20. The summed E-state index contributed by atoms with van der Waals surface area (Å²) in [6.07, 6.45) is 0.897. The van der Waals surface area contributed by atoms with Crippen molar-refractivity contribution in [3.63, 3.8) is 0 Å². The van der Waals surface area contributed by atoms with Crippen LogP contribution in [0.4, 0.5) is 15.8 Å². The zero-order valence-electron chi connectivity index (χ0n) is 18.0. The molecule has 0 atom stereocenters. The molecule has 1 heterocycles. The second kappa shape index (κ2) is 12.7. The quantitative estimate of drug-likeness (QED) is 0.469. The van der Waals surface area contributed by atoms with Gasteiger partial charge < -0.3 is 20.1 Å². The monoisotopic (exact) mass is 497 g/mol. The Hall–Kier alpha value is -2.39. The second-order valence-corrected chi connectivity index (χ2v) is 8.37. The van der Waals surface area contributed by atoms with Crippen molar-refractivity contribution >= 4 is 46.4 Å². The Morgan fingerprint density at radius 3 is 2.55 bits per heavy atom. The predicted octanol–water partition coefficient (Wildman–Crippen LogP) is 4.59. The van der Waals surface area contributed by atoms with Crippen molar-refractivity contribution in [2.24, 2.45) is 0 Å². The summed E-state index contributed by atoms with van der Waals surface area (Å²) >= 11 is 11.9. The highest BCUT2D eigenvalue weighted by molar-refractivity contribution is 6.35. The van der Waals surface area contributed by atoms with E-state index in [0.29, 0.717) is 54.3 Å². The van der Waals surface area contributed by atoms with Gasteiger partial charge in [0.15, 0.2) is 0 Å². The van der Waals surface area contributed by atoms with Crippen molar-refractivity contribution in [1.82, 2.24) is 4.90 Å². The van der Waals surface area contributed by atoms with E-state index < -0.39 is 5.82 Å². The molecular weight excluding hydrogens is 472 g/mol. The van der Waals surface area contributed by atoms with E-state index in [1.807, 2.05) is 0 Å². The maximum atomic E-state index is 14.1. The molecule has 1 saturated heterocycles. The SMILES string of the molecule is O=C(CCCOc1ccc(Cl)cc1Cl)Nc1ccc(F)c(NC(=O)CCN2CCOCC2)c1. The third-order valence-corrected chi connectivity index (χ3v) is 5.51. The number of anilines is 2. The predicted molar refractivity (Wildman–Crippen MR) is 127 cm³/mol. The standard InChI is InChI=1S/C23H26Cl2FN3O4/c24-16-3-6-21(18(25)14-16)33-11-1-2-22(30)27-17-4-5-19(26)20(15-17)28-23(31)7-8-29-9-12-32-13-10-29/h3-6,14-15H,1-2,7-13H2,(H,27,30)(H,28,31). The lowest BCUT2D eigenvalue weighted by Gasteiger charge is -2.26. The van der Waals surface area contributed by atoms with Gasteiger partial charge >= 0.3 is 0 Å². The van der Waals surface area contributed by atoms with E-state index in [4.69, 9.17) is 32.7 Å². The first-order chi connectivity index (χ1) is 15.9. The third kappa shape index (κ3) is 8.47. The molecule has 7 nitrogen and oxygen atoms in total. The summed E-state index contributed by atoms with van der Waals surface area (Å²) in [7, 11) is 0. The number of rotatable bonds is 10. The van der Waals surface area contributed by atoms with Crippen LogP contribution in [0, 0.1) is 5.82 Å². The molecule has 0 bridgehead atoms. The molecule has 0 radical (unpaired) electrons. The van der Waals surface area contributed by atoms with E-state index in [2.05, 4.69) is 15.5 Å². The maximum absolute atomic E-state index is 14.1. The lowest BCUT2D eigenvalue weighted by Crippen LogP contribution is -2.38. The average Bonchev–Trinajstić information content (AvgIpc) is 2.79. The number of nitrogens with zero attached hydrogens (tertiary/aromatic N) is 1. The Morgan fingerprint density at radius 2 is 1.79 bits per heavy atom. The molecule has 0 aromatic heterocycles. The van der Waals surface area contributed by atoms with Crippen LogP contribution >= 0.6 is 23.2 Å². The molecule has 0 aliphatic carbocycles. The van der Waals surface area contributed by atoms with Gasteiger partial charge in [-0.1, -0.05) is 23.2 Å². The molecule has 178 valence electrons. The van der Waals surface area contributed by atoms with E-state index in [-0.39, 0.29) is 30.3 Å². The zero-order valence-corrected chi connectivity index (χ0v) is 19.6. The first-order valence-electron chi connectivity index (χ1n) is 10.7. The number of halogens is 3. The number of hydrogen-bond acceptors (Lipinski definition) is 5. The van der Waals surface area contributed by atoms with E-state index in [1.54, 1.807) is 18.2 Å². The minimum Gasteiger partial charge on any atom is -0.492 e. The third-order valence-electron chi connectivity index (χ3n) is 4.98. The molecule has 0 saturated carbocycles. The van der Waals surface area contributed by atoms with Gasteiger partial charge in [-0.05, 0) is 42.8 Å². The molecule has 2 N–H and O–H groups in total. The van der Waals surface area contributed by atoms with Gasteiger partial charge in [-0.15, -0.1) is 0 Å². The number of carbonyl (C=O) groups is 2. The van der Waals surface area contributed by atoms with Crippen LogP contribution in [-0.2, 0) is 14.3 Å². The van der Waals surface area contributed by atoms with Crippen LogP contribution in [0.1, 0.15) is 19.3 Å². The zero-order chi connectivity index (χ0) is 23.6. The van der Waals surface area contributed by atoms with Crippen molar-refractivity contribution in [3.05, 3.63) is 52.3 Å². The van der Waals surface area contributed by atoms with Gasteiger partial charge in [0, 0.05) is 43.2 Å². The topological polar surface area (TPSA) is 79.9 Å². The van der Waals surface area contributed by atoms with E-state index in [1.165, 1.54) is 18.2 Å². The maximum Gasteiger partial charge on any atom is 0.225 e. The molecule has 33 heavy (non-hydrogen) atoms. The highest BCUT2D eigenvalue weighted by atomic mass is 35.5. The number of ether oxygens (including phenoxy) is 2. The van der Waals surface area contributed by atoms with Crippen molar-refractivity contribution in [1.29, 1.82) is 0 Å². The molecule has 3 rings (SSSR count). The fourth-order valence-electron chi connectivity index (χ4n) is 3.23. The fourth-order valence-corrected chi connectivity index (χ4v) is 3.69. The van der Waals surface area contributed by atoms with Crippen LogP contribution in [0.2, 0.25) is 10.0 Å². The molecule has 2 amide bonds. The second-order valence-electron chi connectivity index (χ2n) is 7.52. The number of hydrogen-bond donors (Lipinski definition) is 2. The molecule has 1 aliphatic heterocycles. The largest absolute Gasteiger partial charge is 0.492 e. The van der Waals surface area contributed by atoms with Gasteiger partial charge in [-0.3, -0.25) is 14.5 Å². The van der Waals surface area contributed by atoms with Crippen LogP contribution in [0.15, 0.2) is 36.4 Å². The van der Waals surface area contributed by atoms with Gasteiger partial charge in [0.25, 0.3) is 0 Å². The minimum absolute atomic E-state index is 0.0282. The summed E-state index contributed by atoms with van der Waals surface area (Å²) in [6, 6.07) is 8.98. The normalized spacial score (nSPS) is 14.0. The van der Waals surface area contributed by atoms with Crippen molar-refractivity contribution < 1.29 is 23.5 Å². The Kier molecular flexibility index (Phi) is 9.75. The highest BCUT2D eigenvalue weighted by Crippen LogP contribution is 2.27. The van der Waals surface area contributed by atoms with Gasteiger partial charge in [-0.25, -0.2) is 4.39 Å². The smallest absolute Gasteiger partial charge is 0.225 e. The first-order valence-corrected chi connectivity index (χ1v) is 11.4. The number of nitrogens with one attached hydrogen (secondary N) is 2. The molecule has 0 spiro atoms. The highest BCUT2D eigenvalue weighted by Gasteiger charge is 2.14. The fraction of sp³-hybridized carbons (Fsp3) is 0.391. The van der Waals surface area contributed by atoms with Gasteiger partial charge in [0.2, 0.25) is 11.8 Å². The van der Waals surface area contributed by atoms with Crippen LogP contribution in [-0.4, -0.2) is 56.2 Å². The van der Waals surface area contributed by atoms with Crippen molar-refractivity contribution in [3.8, 4) is 5.75 Å². The molecule has 0 unspecified atom stereocenters. The summed E-state index contributed by atoms with van der Waals surface area (Å²) < 4.78 is 25.0. The minimum atomic E-state index is -0.569. The molecule has 2 aromatic rings. The summed E-state index contributed by atoms with van der Waals surface area (Å²) in [4.78, 5) is 26.6. The van der Waals surface area contributed by atoms with Gasteiger partial charge in [0.1, 0.15) is 11.6 Å². The number of benzene rings is 2. The van der Waals surface area contributed by atoms with E-state index in [0.717, 1.165) is 13.1 Å². The Bertz CT molecular complexity index is 971. The van der Waals surface area contributed by atoms with Crippen molar-refractivity contribution in [2.75, 3.05) is 50.1 Å². The number of amides is 2. The van der Waals surface area contributed by atoms with Crippen LogP contribution in [0.25, 0.3) is 0 Å². The summed E-state index contributed by atoms with van der Waals surface area (Å²) in [5.41, 5.74) is 0.423. The molecule has 10 heteroatoms. The summed E-state index contributed by atoms with van der Waals surface area (Å²) in [5.74, 6) is -0.617. The lowest BCUT2D eigenvalue weighted by molar-refractivity contribution is -0.117. The summed E-state index contributed by atoms with van der Waals surface area (Å²) in [6.45, 7) is 3.74. The van der Waals surface area contributed by atoms with Crippen LogP contribution < -0.4 is 15.4 Å². The first kappa shape index (κ1) is 25.2. The van der Waals surface area contributed by atoms with Crippen molar-refractivity contribution in [2.45, 2.75) is 19.3 Å². The molecule has 1 aliphatic rings. The van der Waals surface area contributed by atoms with Gasteiger partial charge in [0.05, 0.1) is 30.5 Å². The Morgan fingerprint density at radius 1 is 1.03 bits per heavy atom. The lowest BCUT2D eigenvalue weighted by atomic mass is 10.2. The van der Waals surface area contributed by atoms with E-state index in [9.17, 15) is 14.0 Å². The Labute approximate surface area is 202 Å². The Balaban J connectivity index is 1.42. The van der Waals surface area contributed by atoms with Crippen LogP contribution in [0.3, 0.4) is 0 Å². The van der Waals surface area contributed by atoms with Gasteiger partial charge in [-0.2, -0.15) is 0 Å². The molecule has 2 aromatic carbocycles. The molecular formula is C23H26Cl2FN3O4. The number of morpholine rings is 1. The van der Waals surface area contributed by atoms with Crippen LogP contribution in [0.5, 0.6) is 5.75 Å². The number of carbonyl (C=O) groups excluding carboxylic acids is 2. The molecule has 1 fully saturated rings.